The number of hydrogen-bond acceptors (Lipinski definition) is 6. The first kappa shape index (κ1) is 20.3. The van der Waals surface area contributed by atoms with Gasteiger partial charge in [0.25, 0.3) is 11.5 Å². The van der Waals surface area contributed by atoms with E-state index < -0.39 is 23.6 Å². The average molecular weight is 430 g/mol. The van der Waals surface area contributed by atoms with Crippen molar-refractivity contribution in [2.45, 2.75) is 18.6 Å². The Kier molecular flexibility index (Phi) is 5.67. The third-order valence-corrected chi connectivity index (χ3v) is 5.12. The second-order valence-corrected chi connectivity index (χ2v) is 7.49. The molecule has 1 amide bonds. The van der Waals surface area contributed by atoms with E-state index in [0.717, 1.165) is 4.68 Å². The number of aliphatic hydroxyl groups is 1. The van der Waals surface area contributed by atoms with E-state index in [1.54, 1.807) is 37.5 Å². The van der Waals surface area contributed by atoms with Crippen LogP contribution in [0, 0.1) is 0 Å². The molecule has 3 heterocycles. The highest BCUT2D eigenvalue weighted by molar-refractivity contribution is 6.30. The lowest BCUT2D eigenvalue weighted by Gasteiger charge is -2.28. The highest BCUT2D eigenvalue weighted by Crippen LogP contribution is 2.20. The predicted molar refractivity (Wildman–Crippen MR) is 110 cm³/mol. The van der Waals surface area contributed by atoms with Crippen LogP contribution in [-0.2, 0) is 11.8 Å². The Morgan fingerprint density at radius 3 is 2.77 bits per heavy atom. The van der Waals surface area contributed by atoms with Gasteiger partial charge in [-0.3, -0.25) is 14.3 Å². The van der Waals surface area contributed by atoms with E-state index in [0.29, 0.717) is 35.0 Å². The van der Waals surface area contributed by atoms with Crippen LogP contribution in [-0.4, -0.2) is 55.9 Å². The Morgan fingerprint density at radius 1 is 1.33 bits per heavy atom. The van der Waals surface area contributed by atoms with Gasteiger partial charge in [0.15, 0.2) is 0 Å². The topological polar surface area (TPSA) is 111 Å². The molecule has 2 N–H and O–H groups in total. The van der Waals surface area contributed by atoms with Crippen molar-refractivity contribution in [2.75, 3.05) is 13.2 Å². The van der Waals surface area contributed by atoms with E-state index >= 15 is 0 Å². The van der Waals surface area contributed by atoms with Gasteiger partial charge in [-0.15, -0.1) is 0 Å². The summed E-state index contributed by atoms with van der Waals surface area (Å²) in [6, 6.07) is 7.75. The summed E-state index contributed by atoms with van der Waals surface area (Å²) < 4.78 is 8.00. The van der Waals surface area contributed by atoms with E-state index in [-0.39, 0.29) is 12.2 Å². The van der Waals surface area contributed by atoms with Gasteiger partial charge in [-0.1, -0.05) is 23.7 Å². The molecule has 3 aromatic rings. The van der Waals surface area contributed by atoms with Gasteiger partial charge >= 0.3 is 0 Å². The maximum Gasteiger partial charge on any atom is 0.284 e. The predicted octanol–water partition coefficient (Wildman–Crippen LogP) is 1.17. The van der Waals surface area contributed by atoms with Gasteiger partial charge in [0, 0.05) is 24.2 Å². The summed E-state index contributed by atoms with van der Waals surface area (Å²) in [5.74, 6) is -0.607. The molecule has 1 saturated heterocycles. The Labute approximate surface area is 176 Å². The number of amides is 1. The van der Waals surface area contributed by atoms with Crippen molar-refractivity contribution in [3.8, 4) is 16.9 Å². The van der Waals surface area contributed by atoms with Crippen LogP contribution in [0.4, 0.5) is 0 Å². The maximum atomic E-state index is 13.1. The van der Waals surface area contributed by atoms with Gasteiger partial charge in [-0.25, -0.2) is 0 Å². The first-order valence-electron chi connectivity index (χ1n) is 9.38. The highest BCUT2D eigenvalue weighted by Gasteiger charge is 2.27. The van der Waals surface area contributed by atoms with Crippen LogP contribution < -0.4 is 10.9 Å². The van der Waals surface area contributed by atoms with Crippen LogP contribution in [0.5, 0.6) is 0 Å². The highest BCUT2D eigenvalue weighted by atomic mass is 35.5. The van der Waals surface area contributed by atoms with Crippen LogP contribution >= 0.6 is 11.6 Å². The molecule has 0 spiro atoms. The molecule has 9 nitrogen and oxygen atoms in total. The number of hydrogen-bond donors (Lipinski definition) is 2. The smallest absolute Gasteiger partial charge is 0.284 e. The molecule has 30 heavy (non-hydrogen) atoms. The third-order valence-electron chi connectivity index (χ3n) is 4.87. The molecular formula is C20H20ClN5O4. The average Bonchev–Trinajstić information content (AvgIpc) is 3.16. The SMILES string of the molecule is Cn1cc(-n2nc(-c3ccc(Cl)cc3)cc(C(=O)N[C@H]3COCC[C@H]3O)c2=O)cn1. The first-order valence-corrected chi connectivity index (χ1v) is 9.76. The Bertz CT molecular complexity index is 1120. The van der Waals surface area contributed by atoms with Crippen molar-refractivity contribution in [3.63, 3.8) is 0 Å². The third kappa shape index (κ3) is 4.13. The van der Waals surface area contributed by atoms with Crippen molar-refractivity contribution in [1.29, 1.82) is 0 Å². The van der Waals surface area contributed by atoms with Crippen LogP contribution in [0.1, 0.15) is 16.8 Å². The lowest BCUT2D eigenvalue weighted by atomic mass is 10.1. The minimum Gasteiger partial charge on any atom is -0.391 e. The van der Waals surface area contributed by atoms with Gasteiger partial charge in [-0.05, 0) is 24.6 Å². The van der Waals surface area contributed by atoms with Gasteiger partial charge in [0.2, 0.25) is 0 Å². The number of aryl methyl sites for hydroxylation is 1. The van der Waals surface area contributed by atoms with Gasteiger partial charge < -0.3 is 15.2 Å². The van der Waals surface area contributed by atoms with Crippen molar-refractivity contribution in [1.82, 2.24) is 24.9 Å². The largest absolute Gasteiger partial charge is 0.391 e. The monoisotopic (exact) mass is 429 g/mol. The Hall–Kier alpha value is -3.01. The van der Waals surface area contributed by atoms with E-state index in [2.05, 4.69) is 15.5 Å². The number of carbonyl (C=O) groups excluding carboxylic acids is 1. The quantitative estimate of drug-likeness (QED) is 0.644. The summed E-state index contributed by atoms with van der Waals surface area (Å²) >= 11 is 5.97. The summed E-state index contributed by atoms with van der Waals surface area (Å²) in [5.41, 5.74) is 0.835. The van der Waals surface area contributed by atoms with Crippen molar-refractivity contribution < 1.29 is 14.6 Å². The summed E-state index contributed by atoms with van der Waals surface area (Å²) in [5, 5.41) is 21.9. The Morgan fingerprint density at radius 2 is 2.10 bits per heavy atom. The fourth-order valence-corrected chi connectivity index (χ4v) is 3.35. The number of halogens is 1. The number of aliphatic hydroxyl groups excluding tert-OH is 1. The molecule has 2 aromatic heterocycles. The zero-order valence-electron chi connectivity index (χ0n) is 16.2. The van der Waals surface area contributed by atoms with Crippen LogP contribution in [0.3, 0.4) is 0 Å². The Balaban J connectivity index is 1.78. The molecule has 156 valence electrons. The lowest BCUT2D eigenvalue weighted by molar-refractivity contribution is -0.0140. The minimum absolute atomic E-state index is 0.100. The second-order valence-electron chi connectivity index (χ2n) is 7.05. The molecule has 2 atom stereocenters. The zero-order chi connectivity index (χ0) is 21.3. The molecule has 1 fully saturated rings. The number of rotatable bonds is 4. The van der Waals surface area contributed by atoms with Crippen molar-refractivity contribution >= 4 is 17.5 Å². The molecule has 4 rings (SSSR count). The number of aromatic nitrogens is 4. The van der Waals surface area contributed by atoms with E-state index in [1.165, 1.54) is 16.9 Å². The fourth-order valence-electron chi connectivity index (χ4n) is 3.22. The second kappa shape index (κ2) is 8.39. The number of carbonyl (C=O) groups is 1. The normalized spacial score (nSPS) is 18.9. The molecule has 0 saturated carbocycles. The first-order chi connectivity index (χ1) is 14.4. The van der Waals surface area contributed by atoms with Crippen LogP contribution in [0.2, 0.25) is 5.02 Å². The fraction of sp³-hybridized carbons (Fsp3) is 0.300. The summed E-state index contributed by atoms with van der Waals surface area (Å²) in [6.45, 7) is 0.607. The number of benzene rings is 1. The number of nitrogens with zero attached hydrogens (tertiary/aromatic N) is 4. The zero-order valence-corrected chi connectivity index (χ0v) is 16.9. The number of nitrogens with one attached hydrogen (secondary N) is 1. The van der Waals surface area contributed by atoms with Gasteiger partial charge in [-0.2, -0.15) is 14.9 Å². The summed E-state index contributed by atoms with van der Waals surface area (Å²) in [4.78, 5) is 26.0. The minimum atomic E-state index is -0.735. The van der Waals surface area contributed by atoms with Gasteiger partial charge in [0.1, 0.15) is 11.3 Å². The summed E-state index contributed by atoms with van der Waals surface area (Å²) in [6.07, 6.45) is 2.79. The number of ether oxygens (including phenoxy) is 1. The van der Waals surface area contributed by atoms with Crippen LogP contribution in [0.25, 0.3) is 16.9 Å². The molecule has 0 bridgehead atoms. The van der Waals surface area contributed by atoms with Gasteiger partial charge in [0.05, 0.1) is 36.8 Å². The molecule has 0 radical (unpaired) electrons. The van der Waals surface area contributed by atoms with Crippen molar-refractivity contribution in [2.24, 2.45) is 7.05 Å². The molecule has 0 unspecified atom stereocenters. The molecule has 1 aromatic carbocycles. The molecular weight excluding hydrogens is 410 g/mol. The standard InChI is InChI=1S/C20H20ClN5O4/c1-25-10-14(9-22-25)26-20(29)15(19(28)23-17-11-30-7-6-18(17)27)8-16(24-26)12-2-4-13(21)5-3-12/h2-5,8-10,17-18,27H,6-7,11H2,1H3,(H,23,28)/t17-,18+/m0/s1. The van der Waals surface area contributed by atoms with Crippen molar-refractivity contribution in [3.05, 3.63) is 63.7 Å². The summed E-state index contributed by atoms with van der Waals surface area (Å²) in [7, 11) is 1.72. The molecule has 10 heteroatoms. The van der Waals surface area contributed by atoms with E-state index in [4.69, 9.17) is 16.3 Å². The van der Waals surface area contributed by atoms with Crippen LogP contribution in [0.15, 0.2) is 47.5 Å². The lowest BCUT2D eigenvalue weighted by Crippen LogP contribution is -2.50. The maximum absolute atomic E-state index is 13.1. The molecule has 1 aliphatic heterocycles. The molecule has 1 aliphatic rings. The molecule has 0 aliphatic carbocycles. The van der Waals surface area contributed by atoms with E-state index in [1.807, 2.05) is 0 Å². The van der Waals surface area contributed by atoms with E-state index in [9.17, 15) is 14.7 Å².